The standard InChI is InChI=1S/C17H26N4O/c1-14-7-6-10-21(13-14)16-12-18-15(11-19-16)17(22)20-8-4-2-3-5-9-20/h11-12,14H,2-10,13H2,1H3. The van der Waals surface area contributed by atoms with Crippen molar-refractivity contribution in [2.24, 2.45) is 5.92 Å². The van der Waals surface area contributed by atoms with Gasteiger partial charge in [-0.2, -0.15) is 0 Å². The Morgan fingerprint density at radius 3 is 2.45 bits per heavy atom. The van der Waals surface area contributed by atoms with E-state index < -0.39 is 0 Å². The van der Waals surface area contributed by atoms with Gasteiger partial charge in [-0.15, -0.1) is 0 Å². The monoisotopic (exact) mass is 302 g/mol. The summed E-state index contributed by atoms with van der Waals surface area (Å²) in [5.74, 6) is 1.64. The van der Waals surface area contributed by atoms with E-state index >= 15 is 0 Å². The molecule has 5 heteroatoms. The molecule has 2 saturated heterocycles. The number of carbonyl (C=O) groups excluding carboxylic acids is 1. The second kappa shape index (κ2) is 7.07. The maximum atomic E-state index is 12.5. The van der Waals surface area contributed by atoms with E-state index in [4.69, 9.17) is 0 Å². The highest BCUT2D eigenvalue weighted by molar-refractivity contribution is 5.92. The van der Waals surface area contributed by atoms with Crippen molar-refractivity contribution in [3.05, 3.63) is 18.1 Å². The van der Waals surface area contributed by atoms with E-state index in [-0.39, 0.29) is 5.91 Å². The van der Waals surface area contributed by atoms with Crippen molar-refractivity contribution in [2.75, 3.05) is 31.1 Å². The highest BCUT2D eigenvalue weighted by atomic mass is 16.2. The van der Waals surface area contributed by atoms with Crippen molar-refractivity contribution in [2.45, 2.75) is 45.4 Å². The van der Waals surface area contributed by atoms with E-state index in [1.165, 1.54) is 25.7 Å². The Balaban J connectivity index is 1.66. The third kappa shape index (κ3) is 3.57. The second-order valence-electron chi connectivity index (χ2n) is 6.66. The second-order valence-corrected chi connectivity index (χ2v) is 6.66. The first-order chi connectivity index (χ1) is 10.7. The van der Waals surface area contributed by atoms with Crippen LogP contribution in [0.3, 0.4) is 0 Å². The van der Waals surface area contributed by atoms with Crippen molar-refractivity contribution in [1.82, 2.24) is 14.9 Å². The highest BCUT2D eigenvalue weighted by Gasteiger charge is 2.21. The fraction of sp³-hybridized carbons (Fsp3) is 0.706. The van der Waals surface area contributed by atoms with Gasteiger partial charge in [-0.1, -0.05) is 19.8 Å². The van der Waals surface area contributed by atoms with Gasteiger partial charge in [-0.3, -0.25) is 4.79 Å². The van der Waals surface area contributed by atoms with Gasteiger partial charge < -0.3 is 9.80 Å². The number of hydrogen-bond acceptors (Lipinski definition) is 4. The minimum Gasteiger partial charge on any atom is -0.355 e. The number of nitrogens with zero attached hydrogens (tertiary/aromatic N) is 4. The molecule has 22 heavy (non-hydrogen) atoms. The van der Waals surface area contributed by atoms with E-state index in [1.807, 2.05) is 4.90 Å². The molecule has 0 spiro atoms. The molecule has 0 bridgehead atoms. The van der Waals surface area contributed by atoms with Crippen molar-refractivity contribution in [3.63, 3.8) is 0 Å². The molecular weight excluding hydrogens is 276 g/mol. The smallest absolute Gasteiger partial charge is 0.274 e. The van der Waals surface area contributed by atoms with Crippen LogP contribution in [0.5, 0.6) is 0 Å². The predicted molar refractivity (Wildman–Crippen MR) is 87.0 cm³/mol. The lowest BCUT2D eigenvalue weighted by atomic mass is 10.0. The molecule has 1 amide bonds. The molecule has 2 aliphatic heterocycles. The van der Waals surface area contributed by atoms with Crippen LogP contribution in [0.2, 0.25) is 0 Å². The molecule has 0 aliphatic carbocycles. The molecule has 1 atom stereocenters. The zero-order chi connectivity index (χ0) is 15.4. The first-order valence-electron chi connectivity index (χ1n) is 8.60. The molecule has 120 valence electrons. The van der Waals surface area contributed by atoms with Gasteiger partial charge in [0.2, 0.25) is 0 Å². The van der Waals surface area contributed by atoms with Crippen LogP contribution in [-0.2, 0) is 0 Å². The third-order valence-corrected chi connectivity index (χ3v) is 4.73. The summed E-state index contributed by atoms with van der Waals surface area (Å²) in [5.41, 5.74) is 0.482. The van der Waals surface area contributed by atoms with E-state index in [1.54, 1.807) is 12.4 Å². The third-order valence-electron chi connectivity index (χ3n) is 4.73. The Morgan fingerprint density at radius 2 is 1.82 bits per heavy atom. The Morgan fingerprint density at radius 1 is 1.05 bits per heavy atom. The number of hydrogen-bond donors (Lipinski definition) is 0. The maximum absolute atomic E-state index is 12.5. The Labute approximate surface area is 132 Å². The first kappa shape index (κ1) is 15.3. The topological polar surface area (TPSA) is 49.3 Å². The number of piperidine rings is 1. The van der Waals surface area contributed by atoms with Gasteiger partial charge in [0.05, 0.1) is 12.4 Å². The summed E-state index contributed by atoms with van der Waals surface area (Å²) < 4.78 is 0. The summed E-state index contributed by atoms with van der Waals surface area (Å²) in [5, 5.41) is 0. The van der Waals surface area contributed by atoms with E-state index in [2.05, 4.69) is 21.8 Å². The van der Waals surface area contributed by atoms with E-state index in [0.717, 1.165) is 44.8 Å². The Kier molecular flexibility index (Phi) is 4.90. The van der Waals surface area contributed by atoms with Crippen molar-refractivity contribution in [1.29, 1.82) is 0 Å². The molecular formula is C17H26N4O. The summed E-state index contributed by atoms with van der Waals surface area (Å²) in [6, 6.07) is 0. The Bertz CT molecular complexity index is 494. The summed E-state index contributed by atoms with van der Waals surface area (Å²) in [7, 11) is 0. The van der Waals surface area contributed by atoms with Gasteiger partial charge in [0.1, 0.15) is 11.5 Å². The van der Waals surface area contributed by atoms with Crippen molar-refractivity contribution < 1.29 is 4.79 Å². The van der Waals surface area contributed by atoms with Gasteiger partial charge in [-0.05, 0) is 31.6 Å². The highest BCUT2D eigenvalue weighted by Crippen LogP contribution is 2.20. The van der Waals surface area contributed by atoms with Crippen LogP contribution in [0.1, 0.15) is 55.9 Å². The minimum atomic E-state index is 0.0352. The molecule has 1 aromatic heterocycles. The number of rotatable bonds is 2. The van der Waals surface area contributed by atoms with Gasteiger partial charge in [-0.25, -0.2) is 9.97 Å². The van der Waals surface area contributed by atoms with E-state index in [9.17, 15) is 4.79 Å². The number of aromatic nitrogens is 2. The molecule has 1 unspecified atom stereocenters. The fourth-order valence-electron chi connectivity index (χ4n) is 3.43. The van der Waals surface area contributed by atoms with Gasteiger partial charge in [0, 0.05) is 26.2 Å². The molecule has 0 saturated carbocycles. The maximum Gasteiger partial charge on any atom is 0.274 e. The molecule has 2 aliphatic rings. The number of amides is 1. The normalized spacial score (nSPS) is 23.2. The molecule has 0 radical (unpaired) electrons. The molecule has 0 aromatic carbocycles. The zero-order valence-electron chi connectivity index (χ0n) is 13.5. The van der Waals surface area contributed by atoms with Crippen LogP contribution >= 0.6 is 0 Å². The van der Waals surface area contributed by atoms with Crippen LogP contribution < -0.4 is 4.90 Å². The van der Waals surface area contributed by atoms with Crippen LogP contribution in [0, 0.1) is 5.92 Å². The summed E-state index contributed by atoms with van der Waals surface area (Å²) in [6.45, 7) is 6.06. The first-order valence-corrected chi connectivity index (χ1v) is 8.60. The van der Waals surface area contributed by atoms with Gasteiger partial charge in [0.25, 0.3) is 5.91 Å². The summed E-state index contributed by atoms with van der Waals surface area (Å²) >= 11 is 0. The Hall–Kier alpha value is -1.65. The lowest BCUT2D eigenvalue weighted by Gasteiger charge is -2.31. The van der Waals surface area contributed by atoms with Gasteiger partial charge >= 0.3 is 0 Å². The van der Waals surface area contributed by atoms with Crippen LogP contribution in [0.25, 0.3) is 0 Å². The number of anilines is 1. The number of likely N-dealkylation sites (tertiary alicyclic amines) is 1. The van der Waals surface area contributed by atoms with Crippen LogP contribution in [0.15, 0.2) is 12.4 Å². The van der Waals surface area contributed by atoms with Crippen molar-refractivity contribution >= 4 is 11.7 Å². The summed E-state index contributed by atoms with van der Waals surface area (Å²) in [6.07, 6.45) is 10.6. The quantitative estimate of drug-likeness (QED) is 0.843. The zero-order valence-corrected chi connectivity index (χ0v) is 13.5. The lowest BCUT2D eigenvalue weighted by molar-refractivity contribution is 0.0755. The average Bonchev–Trinajstić information content (AvgIpc) is 2.84. The van der Waals surface area contributed by atoms with E-state index in [0.29, 0.717) is 11.6 Å². The molecule has 3 rings (SSSR count). The average molecular weight is 302 g/mol. The van der Waals surface area contributed by atoms with Crippen LogP contribution in [-0.4, -0.2) is 47.0 Å². The van der Waals surface area contributed by atoms with Crippen LogP contribution in [0.4, 0.5) is 5.82 Å². The lowest BCUT2D eigenvalue weighted by Crippen LogP contribution is -2.35. The molecule has 3 heterocycles. The van der Waals surface area contributed by atoms with Crippen molar-refractivity contribution in [3.8, 4) is 0 Å². The molecule has 2 fully saturated rings. The minimum absolute atomic E-state index is 0.0352. The van der Waals surface area contributed by atoms with Gasteiger partial charge in [0.15, 0.2) is 0 Å². The SMILES string of the molecule is CC1CCCN(c2cnc(C(=O)N3CCCCCC3)cn2)C1. The molecule has 5 nitrogen and oxygen atoms in total. The molecule has 0 N–H and O–H groups in total. The predicted octanol–water partition coefficient (Wildman–Crippen LogP) is 2.73. The molecule has 1 aromatic rings. The fourth-order valence-corrected chi connectivity index (χ4v) is 3.43. The summed E-state index contributed by atoms with van der Waals surface area (Å²) in [4.78, 5) is 25.6. The number of carbonyl (C=O) groups is 1. The largest absolute Gasteiger partial charge is 0.355 e.